The molecule has 0 unspecified atom stereocenters. The number of carbonyl (C=O) groups excluding carboxylic acids is 2. The average Bonchev–Trinajstić information content (AvgIpc) is 2.77. The van der Waals surface area contributed by atoms with Crippen molar-refractivity contribution in [3.8, 4) is 17.2 Å². The Morgan fingerprint density at radius 1 is 0.833 bits per heavy atom. The van der Waals surface area contributed by atoms with Crippen LogP contribution in [-0.4, -0.2) is 26.0 Å². The summed E-state index contributed by atoms with van der Waals surface area (Å²) in [6, 6.07) is 17.1. The summed E-state index contributed by atoms with van der Waals surface area (Å²) in [4.78, 5) is 24.8. The van der Waals surface area contributed by atoms with Crippen molar-refractivity contribution in [2.24, 2.45) is 0 Å². The molecule has 0 atom stereocenters. The van der Waals surface area contributed by atoms with E-state index in [0.29, 0.717) is 22.6 Å². The molecule has 0 aliphatic carbocycles. The summed E-state index contributed by atoms with van der Waals surface area (Å²) >= 11 is 0. The van der Waals surface area contributed by atoms with Crippen molar-refractivity contribution < 1.29 is 28.2 Å². The zero-order chi connectivity index (χ0) is 21.5. The first-order chi connectivity index (χ1) is 14.5. The Morgan fingerprint density at radius 3 is 2.37 bits per heavy atom. The van der Waals surface area contributed by atoms with Gasteiger partial charge in [-0.1, -0.05) is 30.3 Å². The molecule has 0 fully saturated rings. The van der Waals surface area contributed by atoms with Crippen LogP contribution >= 0.6 is 0 Å². The maximum Gasteiger partial charge on any atom is 0.346 e. The number of esters is 1. The molecule has 5 nitrogen and oxygen atoms in total. The Balaban J connectivity index is 1.77. The third-order valence-electron chi connectivity index (χ3n) is 4.26. The summed E-state index contributed by atoms with van der Waals surface area (Å²) in [6.07, 6.45) is 2.97. The molecule has 0 spiro atoms. The zero-order valence-electron chi connectivity index (χ0n) is 16.4. The molecule has 0 heterocycles. The van der Waals surface area contributed by atoms with Gasteiger partial charge < -0.3 is 14.2 Å². The van der Waals surface area contributed by atoms with Crippen LogP contribution in [0.4, 0.5) is 4.39 Å². The first-order valence-corrected chi connectivity index (χ1v) is 9.03. The second-order valence-corrected chi connectivity index (χ2v) is 6.21. The highest BCUT2D eigenvalue weighted by Crippen LogP contribution is 2.25. The molecule has 0 bridgehead atoms. The second kappa shape index (κ2) is 9.52. The van der Waals surface area contributed by atoms with Gasteiger partial charge in [-0.25, -0.2) is 9.18 Å². The minimum atomic E-state index is -0.800. The molecule has 0 aliphatic heterocycles. The third-order valence-corrected chi connectivity index (χ3v) is 4.26. The fraction of sp³-hybridized carbons (Fsp3) is 0.0833. The fourth-order valence-corrected chi connectivity index (χ4v) is 2.74. The number of methoxy groups -OCH3 is 2. The van der Waals surface area contributed by atoms with Crippen molar-refractivity contribution in [1.29, 1.82) is 0 Å². The summed E-state index contributed by atoms with van der Waals surface area (Å²) in [5, 5.41) is 0. The summed E-state index contributed by atoms with van der Waals surface area (Å²) < 4.78 is 29.4. The molecule has 0 aliphatic rings. The van der Waals surface area contributed by atoms with E-state index < -0.39 is 11.8 Å². The van der Waals surface area contributed by atoms with Gasteiger partial charge in [-0.15, -0.1) is 0 Å². The molecule has 3 rings (SSSR count). The van der Waals surface area contributed by atoms with Gasteiger partial charge in [-0.3, -0.25) is 4.79 Å². The standard InChI is InChI=1S/C24H19FO5/c1-28-17-11-13-23(29-2)20(15-17)22(26)12-10-16-6-5-7-18(14-16)30-24(27)19-8-3-4-9-21(19)25/h3-15H,1-2H3. The van der Waals surface area contributed by atoms with E-state index >= 15 is 0 Å². The lowest BCUT2D eigenvalue weighted by Crippen LogP contribution is -2.10. The third kappa shape index (κ3) is 4.91. The minimum Gasteiger partial charge on any atom is -0.497 e. The maximum absolute atomic E-state index is 13.7. The predicted octanol–water partition coefficient (Wildman–Crippen LogP) is 4.96. The Bertz CT molecular complexity index is 1100. The molecule has 152 valence electrons. The van der Waals surface area contributed by atoms with Gasteiger partial charge in [0.25, 0.3) is 0 Å². The smallest absolute Gasteiger partial charge is 0.346 e. The van der Waals surface area contributed by atoms with Crippen molar-refractivity contribution in [3.05, 3.63) is 95.3 Å². The molecule has 0 radical (unpaired) electrons. The number of ketones is 1. The van der Waals surface area contributed by atoms with E-state index in [1.54, 1.807) is 54.6 Å². The first-order valence-electron chi connectivity index (χ1n) is 9.03. The summed E-state index contributed by atoms with van der Waals surface area (Å²) in [5.41, 5.74) is 0.832. The molecule has 0 amide bonds. The van der Waals surface area contributed by atoms with Gasteiger partial charge >= 0.3 is 5.97 Å². The number of allylic oxidation sites excluding steroid dienone is 1. The van der Waals surface area contributed by atoms with Crippen molar-refractivity contribution in [2.75, 3.05) is 14.2 Å². The Hall–Kier alpha value is -3.93. The molecule has 0 aromatic heterocycles. The Labute approximate surface area is 173 Å². The van der Waals surface area contributed by atoms with E-state index in [2.05, 4.69) is 0 Å². The second-order valence-electron chi connectivity index (χ2n) is 6.21. The van der Waals surface area contributed by atoms with Crippen LogP contribution in [-0.2, 0) is 0 Å². The summed E-state index contributed by atoms with van der Waals surface area (Å²) in [6.45, 7) is 0. The van der Waals surface area contributed by atoms with E-state index in [1.807, 2.05) is 0 Å². The number of rotatable bonds is 7. The lowest BCUT2D eigenvalue weighted by molar-refractivity contribution is 0.0729. The molecule has 3 aromatic rings. The highest BCUT2D eigenvalue weighted by atomic mass is 19.1. The summed E-state index contributed by atoms with van der Waals surface area (Å²) in [5.74, 6) is -0.535. The van der Waals surface area contributed by atoms with Crippen LogP contribution in [0, 0.1) is 5.82 Å². The van der Waals surface area contributed by atoms with E-state index in [1.165, 1.54) is 38.5 Å². The van der Waals surface area contributed by atoms with Crippen LogP contribution in [0.1, 0.15) is 26.3 Å². The molecule has 0 saturated heterocycles. The SMILES string of the molecule is COc1ccc(OC)c(C(=O)C=Cc2cccc(OC(=O)c3ccccc3F)c2)c1. The number of halogens is 1. The topological polar surface area (TPSA) is 61.8 Å². The fourth-order valence-electron chi connectivity index (χ4n) is 2.74. The van der Waals surface area contributed by atoms with E-state index in [9.17, 15) is 14.0 Å². The number of hydrogen-bond acceptors (Lipinski definition) is 5. The van der Waals surface area contributed by atoms with Gasteiger partial charge in [-0.2, -0.15) is 0 Å². The molecule has 30 heavy (non-hydrogen) atoms. The van der Waals surface area contributed by atoms with Crippen molar-refractivity contribution in [1.82, 2.24) is 0 Å². The van der Waals surface area contributed by atoms with Gasteiger partial charge in [0.1, 0.15) is 23.1 Å². The zero-order valence-corrected chi connectivity index (χ0v) is 16.4. The van der Waals surface area contributed by atoms with E-state index in [-0.39, 0.29) is 17.1 Å². The highest BCUT2D eigenvalue weighted by molar-refractivity contribution is 6.09. The largest absolute Gasteiger partial charge is 0.497 e. The highest BCUT2D eigenvalue weighted by Gasteiger charge is 2.14. The molecular weight excluding hydrogens is 387 g/mol. The Kier molecular flexibility index (Phi) is 6.60. The van der Waals surface area contributed by atoms with Gasteiger partial charge in [0, 0.05) is 0 Å². The lowest BCUT2D eigenvalue weighted by atomic mass is 10.1. The van der Waals surface area contributed by atoms with Crippen LogP contribution < -0.4 is 14.2 Å². The lowest BCUT2D eigenvalue weighted by Gasteiger charge is -2.08. The normalized spacial score (nSPS) is 10.6. The maximum atomic E-state index is 13.7. The molecular formula is C24H19FO5. The number of hydrogen-bond donors (Lipinski definition) is 0. The van der Waals surface area contributed by atoms with Crippen LogP contribution in [0.3, 0.4) is 0 Å². The molecule has 3 aromatic carbocycles. The molecule has 6 heteroatoms. The van der Waals surface area contributed by atoms with Gasteiger partial charge in [0.15, 0.2) is 5.78 Å². The van der Waals surface area contributed by atoms with Gasteiger partial charge in [-0.05, 0) is 54.1 Å². The number of benzene rings is 3. The number of ether oxygens (including phenoxy) is 3. The molecule has 0 saturated carbocycles. The van der Waals surface area contributed by atoms with Crippen molar-refractivity contribution in [2.45, 2.75) is 0 Å². The minimum absolute atomic E-state index is 0.154. The van der Waals surface area contributed by atoms with Crippen LogP contribution in [0.25, 0.3) is 6.08 Å². The van der Waals surface area contributed by atoms with E-state index in [4.69, 9.17) is 14.2 Å². The van der Waals surface area contributed by atoms with Gasteiger partial charge in [0.05, 0.1) is 25.3 Å². The number of carbonyl (C=O) groups is 2. The van der Waals surface area contributed by atoms with Crippen molar-refractivity contribution >= 4 is 17.8 Å². The van der Waals surface area contributed by atoms with E-state index in [0.717, 1.165) is 0 Å². The quantitative estimate of drug-likeness (QED) is 0.240. The predicted molar refractivity (Wildman–Crippen MR) is 111 cm³/mol. The van der Waals surface area contributed by atoms with Crippen LogP contribution in [0.15, 0.2) is 72.8 Å². The van der Waals surface area contributed by atoms with Crippen LogP contribution in [0.2, 0.25) is 0 Å². The monoisotopic (exact) mass is 406 g/mol. The average molecular weight is 406 g/mol. The van der Waals surface area contributed by atoms with Crippen molar-refractivity contribution in [3.63, 3.8) is 0 Å². The summed E-state index contributed by atoms with van der Waals surface area (Å²) in [7, 11) is 3.00. The van der Waals surface area contributed by atoms with Gasteiger partial charge in [0.2, 0.25) is 0 Å². The first kappa shape index (κ1) is 20.8. The Morgan fingerprint density at radius 2 is 1.63 bits per heavy atom. The van der Waals surface area contributed by atoms with Crippen LogP contribution in [0.5, 0.6) is 17.2 Å². The molecule has 0 N–H and O–H groups in total.